The number of aromatic nitrogens is 2. The van der Waals surface area contributed by atoms with E-state index in [1.807, 2.05) is 6.92 Å². The Bertz CT molecular complexity index is 697. The lowest BCUT2D eigenvalue weighted by molar-refractivity contribution is -0.0392. The van der Waals surface area contributed by atoms with E-state index >= 15 is 0 Å². The summed E-state index contributed by atoms with van der Waals surface area (Å²) in [7, 11) is 0. The largest absolute Gasteiger partial charge is 0.444 e. The van der Waals surface area contributed by atoms with Crippen molar-refractivity contribution in [3.05, 3.63) is 17.0 Å². The van der Waals surface area contributed by atoms with E-state index < -0.39 is 30.0 Å². The van der Waals surface area contributed by atoms with Gasteiger partial charge in [0.15, 0.2) is 0 Å². The van der Waals surface area contributed by atoms with Gasteiger partial charge in [-0.15, -0.1) is 0 Å². The molecule has 6 nitrogen and oxygen atoms in total. The van der Waals surface area contributed by atoms with Gasteiger partial charge in [-0.3, -0.25) is 4.68 Å². The van der Waals surface area contributed by atoms with Crippen molar-refractivity contribution in [1.82, 2.24) is 14.7 Å². The summed E-state index contributed by atoms with van der Waals surface area (Å²) in [6.07, 6.45) is -0.0105. The highest BCUT2D eigenvalue weighted by atomic mass is 19.3. The first kappa shape index (κ1) is 19.1. The Hall–Kier alpha value is -1.70. The van der Waals surface area contributed by atoms with Crippen LogP contribution in [0.2, 0.25) is 0 Å². The molecule has 0 aromatic carbocycles. The molecule has 2 aliphatic rings. The van der Waals surface area contributed by atoms with E-state index in [4.69, 9.17) is 4.74 Å². The summed E-state index contributed by atoms with van der Waals surface area (Å²) in [4.78, 5) is 14.0. The van der Waals surface area contributed by atoms with Gasteiger partial charge in [0.25, 0.3) is 5.92 Å². The molecule has 1 aromatic rings. The lowest BCUT2D eigenvalue weighted by Crippen LogP contribution is -2.45. The van der Waals surface area contributed by atoms with Gasteiger partial charge in [0.05, 0.1) is 12.2 Å². The molecule has 0 saturated heterocycles. The highest BCUT2D eigenvalue weighted by Gasteiger charge is 2.45. The molecule has 0 aliphatic carbocycles. The fraction of sp³-hybridized carbons (Fsp3) is 0.778. The van der Waals surface area contributed by atoms with Crippen molar-refractivity contribution in [3.63, 3.8) is 0 Å². The van der Waals surface area contributed by atoms with Crippen LogP contribution in [0.3, 0.4) is 0 Å². The summed E-state index contributed by atoms with van der Waals surface area (Å²) in [6.45, 7) is 7.37. The van der Waals surface area contributed by atoms with E-state index in [0.717, 1.165) is 0 Å². The molecule has 1 N–H and O–H groups in total. The smallest absolute Gasteiger partial charge is 0.410 e. The van der Waals surface area contributed by atoms with Crippen molar-refractivity contribution in [1.29, 1.82) is 0 Å². The third-order valence-corrected chi connectivity index (χ3v) is 5.01. The van der Waals surface area contributed by atoms with E-state index in [9.17, 15) is 18.7 Å². The minimum absolute atomic E-state index is 0.0696. The average molecular weight is 371 g/mol. The maximum absolute atomic E-state index is 14.9. The van der Waals surface area contributed by atoms with E-state index in [-0.39, 0.29) is 24.9 Å². The average Bonchev–Trinajstić information content (AvgIpc) is 2.80. The zero-order valence-corrected chi connectivity index (χ0v) is 15.8. The Kier molecular flexibility index (Phi) is 4.75. The number of carbonyl (C=O) groups is 1. The molecule has 2 atom stereocenters. The Balaban J connectivity index is 1.93. The normalized spacial score (nSPS) is 25.3. The third kappa shape index (κ3) is 3.56. The number of alkyl halides is 2. The summed E-state index contributed by atoms with van der Waals surface area (Å²) in [5.74, 6) is -3.53. The molecule has 0 bridgehead atoms. The number of ether oxygens (including phenoxy) is 1. The van der Waals surface area contributed by atoms with Gasteiger partial charge in [-0.05, 0) is 40.0 Å². The molecular weight excluding hydrogens is 344 g/mol. The summed E-state index contributed by atoms with van der Waals surface area (Å²) >= 11 is 0. The van der Waals surface area contributed by atoms with Crippen molar-refractivity contribution >= 4 is 6.09 Å². The van der Waals surface area contributed by atoms with Gasteiger partial charge >= 0.3 is 6.09 Å². The topological polar surface area (TPSA) is 67.6 Å². The van der Waals surface area contributed by atoms with Crippen LogP contribution in [-0.2, 0) is 30.2 Å². The summed E-state index contributed by atoms with van der Waals surface area (Å²) in [5.41, 5.74) is 0.307. The number of aliphatic hydroxyl groups is 1. The second-order valence-electron chi connectivity index (χ2n) is 8.40. The van der Waals surface area contributed by atoms with Crippen LogP contribution in [0.1, 0.15) is 57.5 Å². The van der Waals surface area contributed by atoms with Crippen LogP contribution in [0.5, 0.6) is 0 Å². The Labute approximate surface area is 152 Å². The Morgan fingerprint density at radius 1 is 1.42 bits per heavy atom. The molecule has 3 rings (SSSR count). The van der Waals surface area contributed by atoms with E-state index in [2.05, 4.69) is 5.10 Å². The quantitative estimate of drug-likeness (QED) is 0.824. The van der Waals surface area contributed by atoms with Crippen LogP contribution in [0.15, 0.2) is 0 Å². The molecule has 0 radical (unpaired) electrons. The van der Waals surface area contributed by atoms with Crippen molar-refractivity contribution in [2.75, 3.05) is 6.61 Å². The second-order valence-corrected chi connectivity index (χ2v) is 8.40. The number of hydrogen-bond donors (Lipinski definition) is 1. The van der Waals surface area contributed by atoms with Gasteiger partial charge in [0.1, 0.15) is 11.3 Å². The van der Waals surface area contributed by atoms with Gasteiger partial charge in [0.2, 0.25) is 0 Å². The molecule has 1 amide bonds. The predicted octanol–water partition coefficient (Wildman–Crippen LogP) is 3.06. The number of carbonyl (C=O) groups excluding carboxylic acids is 1. The Morgan fingerprint density at radius 2 is 2.12 bits per heavy atom. The van der Waals surface area contributed by atoms with Gasteiger partial charge in [-0.25, -0.2) is 4.79 Å². The fourth-order valence-corrected chi connectivity index (χ4v) is 3.75. The van der Waals surface area contributed by atoms with Crippen molar-refractivity contribution in [3.8, 4) is 0 Å². The van der Waals surface area contributed by atoms with E-state index in [0.29, 0.717) is 30.6 Å². The summed E-state index contributed by atoms with van der Waals surface area (Å²) in [5, 5.41) is 13.7. The fourth-order valence-electron chi connectivity index (χ4n) is 3.75. The van der Waals surface area contributed by atoms with Crippen LogP contribution in [-0.4, -0.2) is 44.1 Å². The Morgan fingerprint density at radius 3 is 2.73 bits per heavy atom. The number of aliphatic hydroxyl groups excluding tert-OH is 1. The van der Waals surface area contributed by atoms with Crippen molar-refractivity contribution < 1.29 is 23.4 Å². The van der Waals surface area contributed by atoms with Crippen LogP contribution in [0, 0.1) is 5.92 Å². The lowest BCUT2D eigenvalue weighted by Gasteiger charge is -2.35. The molecule has 0 spiro atoms. The van der Waals surface area contributed by atoms with Crippen LogP contribution < -0.4 is 0 Å². The molecular formula is C18H27F2N3O3. The number of halogens is 2. The second kappa shape index (κ2) is 6.48. The molecule has 1 aromatic heterocycles. The lowest BCUT2D eigenvalue weighted by atomic mass is 9.93. The molecule has 0 unspecified atom stereocenters. The summed E-state index contributed by atoms with van der Waals surface area (Å²) in [6, 6.07) is -0.171. The molecule has 146 valence electrons. The van der Waals surface area contributed by atoms with Crippen LogP contribution >= 0.6 is 0 Å². The first-order valence-electron chi connectivity index (χ1n) is 9.09. The van der Waals surface area contributed by atoms with Gasteiger partial charge in [-0.2, -0.15) is 13.9 Å². The predicted molar refractivity (Wildman–Crippen MR) is 90.9 cm³/mol. The van der Waals surface area contributed by atoms with Gasteiger partial charge < -0.3 is 14.7 Å². The maximum Gasteiger partial charge on any atom is 0.410 e. The molecule has 3 heterocycles. The molecule has 0 saturated carbocycles. The molecule has 8 heteroatoms. The standard InChI is InChI=1S/C18H27F2N3O3/c1-11-7-14-13(9-22(11)16(25)26-17(2,3)4)15-18(19,20)8-12(10-24)5-6-23(15)21-14/h11-12,24H,5-10H2,1-4H3/t11-,12+/m1/s1. The number of aryl methyl sites for hydroxylation is 1. The van der Waals surface area contributed by atoms with E-state index in [1.54, 1.807) is 20.8 Å². The number of fused-ring (bicyclic) bond motifs is 3. The minimum atomic E-state index is -3.08. The van der Waals surface area contributed by atoms with Crippen LogP contribution in [0.25, 0.3) is 0 Å². The molecule has 0 fully saturated rings. The monoisotopic (exact) mass is 371 g/mol. The highest BCUT2D eigenvalue weighted by Crippen LogP contribution is 2.42. The number of hydrogen-bond acceptors (Lipinski definition) is 4. The number of rotatable bonds is 1. The first-order chi connectivity index (χ1) is 12.0. The first-order valence-corrected chi connectivity index (χ1v) is 9.09. The minimum Gasteiger partial charge on any atom is -0.444 e. The molecule has 2 aliphatic heterocycles. The highest BCUT2D eigenvalue weighted by molar-refractivity contribution is 5.69. The van der Waals surface area contributed by atoms with Crippen molar-refractivity contribution in [2.45, 2.75) is 77.6 Å². The van der Waals surface area contributed by atoms with Crippen molar-refractivity contribution in [2.24, 2.45) is 5.92 Å². The maximum atomic E-state index is 14.9. The molecule has 26 heavy (non-hydrogen) atoms. The van der Waals surface area contributed by atoms with Gasteiger partial charge in [0, 0.05) is 37.6 Å². The summed E-state index contributed by atoms with van der Waals surface area (Å²) < 4.78 is 36.6. The zero-order valence-electron chi connectivity index (χ0n) is 15.8. The third-order valence-electron chi connectivity index (χ3n) is 5.01. The zero-order chi connectivity index (χ0) is 19.3. The van der Waals surface area contributed by atoms with Gasteiger partial charge in [-0.1, -0.05) is 0 Å². The van der Waals surface area contributed by atoms with E-state index in [1.165, 1.54) is 9.58 Å². The number of amides is 1. The van der Waals surface area contributed by atoms with Crippen LogP contribution in [0.4, 0.5) is 13.6 Å². The number of nitrogens with zero attached hydrogens (tertiary/aromatic N) is 3. The SMILES string of the molecule is C[C@@H]1Cc2nn3c(c2CN1C(=O)OC(C)(C)C)C(F)(F)C[C@@H](CO)CC3.